The number of rotatable bonds is 5. The van der Waals surface area contributed by atoms with E-state index in [0.29, 0.717) is 24.5 Å². The minimum absolute atomic E-state index is 0.0932. The van der Waals surface area contributed by atoms with E-state index in [2.05, 4.69) is 20.3 Å². The lowest BCUT2D eigenvalue weighted by molar-refractivity contribution is -0.120. The summed E-state index contributed by atoms with van der Waals surface area (Å²) in [5, 5.41) is 10.3. The van der Waals surface area contributed by atoms with Crippen LogP contribution in [0.5, 0.6) is 11.5 Å². The highest BCUT2D eigenvalue weighted by Crippen LogP contribution is 2.30. The first-order valence-electron chi connectivity index (χ1n) is 7.50. The normalized spacial score (nSPS) is 16.3. The van der Waals surface area contributed by atoms with E-state index in [4.69, 9.17) is 9.47 Å². The molecule has 0 aliphatic carbocycles. The summed E-state index contributed by atoms with van der Waals surface area (Å²) < 4.78 is 15.5. The number of benzene rings is 1. The molecule has 3 rings (SSSR count). The summed E-state index contributed by atoms with van der Waals surface area (Å²) in [5.41, 5.74) is 2.34. The van der Waals surface area contributed by atoms with Gasteiger partial charge in [-0.2, -0.15) is 0 Å². The minimum Gasteiger partial charge on any atom is -0.497 e. The molecule has 1 amide bonds. The molecule has 0 radical (unpaired) electrons. The van der Waals surface area contributed by atoms with Crippen LogP contribution in [0.15, 0.2) is 22.8 Å². The van der Waals surface area contributed by atoms with Crippen molar-refractivity contribution >= 4 is 5.91 Å². The van der Waals surface area contributed by atoms with Gasteiger partial charge < -0.3 is 14.8 Å². The number of carbonyl (C=O) groups is 1. The van der Waals surface area contributed by atoms with Gasteiger partial charge in [-0.3, -0.25) is 4.79 Å². The van der Waals surface area contributed by atoms with Crippen LogP contribution in [0.3, 0.4) is 0 Å². The quantitative estimate of drug-likeness (QED) is 0.894. The van der Waals surface area contributed by atoms with Gasteiger partial charge in [0.25, 0.3) is 0 Å². The average molecular weight is 317 g/mol. The number of hydrogen-bond acceptors (Lipinski definition) is 6. The number of carbonyl (C=O) groups excluding carboxylic acids is 1. The zero-order chi connectivity index (χ0) is 16.2. The number of methoxy groups -OCH3 is 1. The second-order valence-corrected chi connectivity index (χ2v) is 5.63. The van der Waals surface area contributed by atoms with Crippen LogP contribution in [0.25, 0.3) is 0 Å². The first-order chi connectivity index (χ1) is 11.2. The SMILES string of the molecule is COc1ccc2c(c1)OCC(CNC(=O)Cc1nonc1C)C2. The van der Waals surface area contributed by atoms with Crippen LogP contribution in [0.2, 0.25) is 0 Å². The van der Waals surface area contributed by atoms with Crippen molar-refractivity contribution in [2.45, 2.75) is 19.8 Å². The van der Waals surface area contributed by atoms with Crippen LogP contribution in [0.4, 0.5) is 0 Å². The Morgan fingerprint density at radius 1 is 1.43 bits per heavy atom. The van der Waals surface area contributed by atoms with E-state index in [1.165, 1.54) is 0 Å². The Hall–Kier alpha value is -2.57. The van der Waals surface area contributed by atoms with Crippen molar-refractivity contribution in [3.8, 4) is 11.5 Å². The molecular formula is C16H19N3O4. The molecule has 1 aromatic carbocycles. The molecule has 1 N–H and O–H groups in total. The number of fused-ring (bicyclic) bond motifs is 1. The highest BCUT2D eigenvalue weighted by atomic mass is 16.6. The van der Waals surface area contributed by atoms with Crippen molar-refractivity contribution in [1.29, 1.82) is 0 Å². The molecule has 122 valence electrons. The highest BCUT2D eigenvalue weighted by Gasteiger charge is 2.21. The van der Waals surface area contributed by atoms with Crippen molar-refractivity contribution in [3.63, 3.8) is 0 Å². The number of ether oxygens (including phenoxy) is 2. The Kier molecular flexibility index (Phi) is 4.45. The molecule has 23 heavy (non-hydrogen) atoms. The lowest BCUT2D eigenvalue weighted by Gasteiger charge is -2.25. The van der Waals surface area contributed by atoms with Crippen LogP contribution in [0, 0.1) is 12.8 Å². The van der Waals surface area contributed by atoms with Gasteiger partial charge in [0.05, 0.1) is 20.1 Å². The predicted molar refractivity (Wildman–Crippen MR) is 81.4 cm³/mol. The molecule has 1 aliphatic rings. The summed E-state index contributed by atoms with van der Waals surface area (Å²) in [6.07, 6.45) is 1.04. The molecule has 7 nitrogen and oxygen atoms in total. The molecule has 2 aromatic rings. The first kappa shape index (κ1) is 15.3. The average Bonchev–Trinajstić information content (AvgIpc) is 2.97. The van der Waals surface area contributed by atoms with Crippen molar-refractivity contribution in [3.05, 3.63) is 35.2 Å². The number of nitrogens with zero attached hydrogens (tertiary/aromatic N) is 2. The molecule has 2 heterocycles. The monoisotopic (exact) mass is 317 g/mol. The maximum Gasteiger partial charge on any atom is 0.226 e. The number of aromatic nitrogens is 2. The zero-order valence-corrected chi connectivity index (χ0v) is 13.2. The van der Waals surface area contributed by atoms with Crippen LogP contribution in [-0.4, -0.2) is 36.5 Å². The lowest BCUT2D eigenvalue weighted by atomic mass is 9.96. The van der Waals surface area contributed by atoms with Crippen LogP contribution in [-0.2, 0) is 17.6 Å². The molecular weight excluding hydrogens is 298 g/mol. The smallest absolute Gasteiger partial charge is 0.226 e. The second kappa shape index (κ2) is 6.68. The summed E-state index contributed by atoms with van der Waals surface area (Å²) in [6, 6.07) is 5.82. The fourth-order valence-corrected chi connectivity index (χ4v) is 2.56. The van der Waals surface area contributed by atoms with Gasteiger partial charge in [-0.15, -0.1) is 0 Å². The standard InChI is InChI=1S/C16H19N3O4/c1-10-14(19-23-18-10)7-16(20)17-8-11-5-12-3-4-13(21-2)6-15(12)22-9-11/h3-4,6,11H,5,7-9H2,1-2H3,(H,17,20). The Balaban J connectivity index is 1.51. The van der Waals surface area contributed by atoms with Gasteiger partial charge in [0.2, 0.25) is 5.91 Å². The predicted octanol–water partition coefficient (Wildman–Crippen LogP) is 1.30. The number of aryl methyl sites for hydroxylation is 1. The number of hydrogen-bond donors (Lipinski definition) is 1. The van der Waals surface area contributed by atoms with Crippen LogP contribution < -0.4 is 14.8 Å². The molecule has 7 heteroatoms. The Bertz CT molecular complexity index is 698. The molecule has 0 saturated heterocycles. The van der Waals surface area contributed by atoms with E-state index in [9.17, 15) is 4.79 Å². The van der Waals surface area contributed by atoms with Gasteiger partial charge in [-0.05, 0) is 25.0 Å². The lowest BCUT2D eigenvalue weighted by Crippen LogP contribution is -2.35. The number of nitrogens with one attached hydrogen (secondary N) is 1. The maximum atomic E-state index is 12.0. The molecule has 0 spiro atoms. The minimum atomic E-state index is -0.0932. The molecule has 0 bridgehead atoms. The summed E-state index contributed by atoms with van der Waals surface area (Å²) in [4.78, 5) is 12.0. The van der Waals surface area contributed by atoms with E-state index in [1.807, 2.05) is 18.2 Å². The van der Waals surface area contributed by atoms with Gasteiger partial charge in [0, 0.05) is 18.5 Å². The van der Waals surface area contributed by atoms with Gasteiger partial charge in [-0.25, -0.2) is 4.63 Å². The van der Waals surface area contributed by atoms with Crippen LogP contribution >= 0.6 is 0 Å². The van der Waals surface area contributed by atoms with Crippen molar-refractivity contribution in [2.24, 2.45) is 5.92 Å². The molecule has 1 atom stereocenters. The third-order valence-electron chi connectivity index (χ3n) is 3.92. The maximum absolute atomic E-state index is 12.0. The van der Waals surface area contributed by atoms with Crippen LogP contribution in [0.1, 0.15) is 17.0 Å². The molecule has 1 unspecified atom stereocenters. The largest absolute Gasteiger partial charge is 0.497 e. The Morgan fingerprint density at radius 2 is 2.30 bits per heavy atom. The number of amides is 1. The van der Waals surface area contributed by atoms with E-state index < -0.39 is 0 Å². The van der Waals surface area contributed by atoms with Crippen molar-refractivity contribution in [1.82, 2.24) is 15.6 Å². The Morgan fingerprint density at radius 3 is 3.04 bits per heavy atom. The summed E-state index contributed by atoms with van der Waals surface area (Å²) in [6.45, 7) is 2.90. The first-order valence-corrected chi connectivity index (χ1v) is 7.50. The van der Waals surface area contributed by atoms with Gasteiger partial charge in [-0.1, -0.05) is 16.4 Å². The third-order valence-corrected chi connectivity index (χ3v) is 3.92. The topological polar surface area (TPSA) is 86.5 Å². The fraction of sp³-hybridized carbons (Fsp3) is 0.438. The summed E-state index contributed by atoms with van der Waals surface area (Å²) in [5.74, 6) is 1.80. The van der Waals surface area contributed by atoms with Crippen molar-refractivity contribution in [2.75, 3.05) is 20.3 Å². The summed E-state index contributed by atoms with van der Waals surface area (Å²) >= 11 is 0. The molecule has 1 aliphatic heterocycles. The van der Waals surface area contributed by atoms with Crippen molar-refractivity contribution < 1.29 is 18.9 Å². The van der Waals surface area contributed by atoms with E-state index in [0.717, 1.165) is 23.5 Å². The highest BCUT2D eigenvalue weighted by molar-refractivity contribution is 5.78. The third kappa shape index (κ3) is 3.61. The zero-order valence-electron chi connectivity index (χ0n) is 13.2. The second-order valence-electron chi connectivity index (χ2n) is 5.63. The van der Waals surface area contributed by atoms with Gasteiger partial charge in [0.15, 0.2) is 0 Å². The van der Waals surface area contributed by atoms with E-state index >= 15 is 0 Å². The molecule has 1 aromatic heterocycles. The fourth-order valence-electron chi connectivity index (χ4n) is 2.56. The van der Waals surface area contributed by atoms with Gasteiger partial charge in [0.1, 0.15) is 22.9 Å². The molecule has 0 saturated carbocycles. The Labute approximate surface area is 133 Å². The molecule has 0 fully saturated rings. The summed E-state index contributed by atoms with van der Waals surface area (Å²) in [7, 11) is 1.63. The van der Waals surface area contributed by atoms with E-state index in [1.54, 1.807) is 14.0 Å². The van der Waals surface area contributed by atoms with E-state index in [-0.39, 0.29) is 18.2 Å². The van der Waals surface area contributed by atoms with Gasteiger partial charge >= 0.3 is 0 Å².